The van der Waals surface area contributed by atoms with Crippen LogP contribution in [0.25, 0.3) is 11.1 Å². The fourth-order valence-electron chi connectivity index (χ4n) is 8.06. The van der Waals surface area contributed by atoms with E-state index in [1.165, 1.54) is 0 Å². The quantitative estimate of drug-likeness (QED) is 0.131. The summed E-state index contributed by atoms with van der Waals surface area (Å²) >= 11 is 0. The number of benzene rings is 3. The number of ether oxygens (including phenoxy) is 3. The van der Waals surface area contributed by atoms with Crippen LogP contribution in [0.2, 0.25) is 0 Å². The van der Waals surface area contributed by atoms with Crippen LogP contribution in [0.15, 0.2) is 57.8 Å². The molecule has 4 N–H and O–H groups in total. The smallest absolute Gasteiger partial charge is 0.410 e. The summed E-state index contributed by atoms with van der Waals surface area (Å²) in [6, 6.07) is 15.1. The first-order chi connectivity index (χ1) is 27.3. The molecule has 2 aliphatic heterocycles. The molecule has 14 nitrogen and oxygen atoms in total. The summed E-state index contributed by atoms with van der Waals surface area (Å²) in [5.74, 6) is -0.0648. The Bertz CT molecular complexity index is 2180. The molecule has 0 radical (unpaired) electrons. The van der Waals surface area contributed by atoms with E-state index in [9.17, 15) is 22.8 Å². The summed E-state index contributed by atoms with van der Waals surface area (Å²) in [7, 11) is -4.20. The molecule has 0 bridgehead atoms. The molecular weight excluding hydrogens is 761 g/mol. The Labute approximate surface area is 341 Å². The van der Waals surface area contributed by atoms with Crippen LogP contribution < -0.4 is 21.1 Å². The lowest BCUT2D eigenvalue weighted by atomic mass is 9.94. The number of piperazine rings is 1. The van der Waals surface area contributed by atoms with Gasteiger partial charge in [0, 0.05) is 50.6 Å². The molecule has 6 rings (SSSR count). The molecule has 3 amide bonds. The Kier molecular flexibility index (Phi) is 12.0. The maximum absolute atomic E-state index is 14.0. The highest BCUT2D eigenvalue weighted by Crippen LogP contribution is 2.45. The third kappa shape index (κ3) is 9.19. The van der Waals surface area contributed by atoms with Crippen molar-refractivity contribution in [3.63, 3.8) is 0 Å². The molecule has 3 aromatic rings. The summed E-state index contributed by atoms with van der Waals surface area (Å²) in [5.41, 5.74) is 12.1. The number of hydrogen-bond donors (Lipinski definition) is 3. The van der Waals surface area contributed by atoms with Gasteiger partial charge in [-0.2, -0.15) is 8.42 Å². The van der Waals surface area contributed by atoms with Gasteiger partial charge in [-0.05, 0) is 107 Å². The Morgan fingerprint density at radius 3 is 2.12 bits per heavy atom. The summed E-state index contributed by atoms with van der Waals surface area (Å²) in [6.07, 6.45) is -0.123. The fourth-order valence-corrected chi connectivity index (χ4v) is 9.52. The minimum atomic E-state index is -4.20. The first-order valence-corrected chi connectivity index (χ1v) is 21.2. The van der Waals surface area contributed by atoms with E-state index in [4.69, 9.17) is 19.9 Å². The second-order valence-corrected chi connectivity index (χ2v) is 18.4. The van der Waals surface area contributed by atoms with Crippen LogP contribution in [-0.2, 0) is 30.7 Å². The second-order valence-electron chi connectivity index (χ2n) is 16.9. The number of alkyl carbamates (subject to hydrolysis) is 1. The Hall–Kier alpha value is -5.31. The number of hydrogen-bond acceptors (Lipinski definition) is 8. The van der Waals surface area contributed by atoms with Gasteiger partial charge in [-0.3, -0.25) is 4.79 Å². The Morgan fingerprint density at radius 2 is 1.52 bits per heavy atom. The van der Waals surface area contributed by atoms with Crippen LogP contribution in [0.3, 0.4) is 0 Å². The largest absolute Gasteiger partial charge is 0.487 e. The molecule has 0 aromatic heterocycles. The van der Waals surface area contributed by atoms with Crippen LogP contribution in [0, 0.1) is 20.8 Å². The van der Waals surface area contributed by atoms with Crippen molar-refractivity contribution in [2.24, 2.45) is 10.1 Å². The highest BCUT2D eigenvalue weighted by Gasteiger charge is 2.37. The zero-order chi connectivity index (χ0) is 42.2. The molecule has 1 aliphatic carbocycles. The summed E-state index contributed by atoms with van der Waals surface area (Å²) in [6.45, 7) is 16.0. The molecule has 0 saturated carbocycles. The molecule has 3 aromatic carbocycles. The summed E-state index contributed by atoms with van der Waals surface area (Å²) < 4.78 is 48.7. The molecule has 312 valence electrons. The third-order valence-corrected chi connectivity index (χ3v) is 12.5. The van der Waals surface area contributed by atoms with Crippen molar-refractivity contribution in [2.45, 2.75) is 103 Å². The molecule has 1 saturated heterocycles. The fraction of sp³-hybridized carbons (Fsp3) is 0.488. The number of rotatable bonds is 10. The van der Waals surface area contributed by atoms with E-state index < -0.39 is 39.5 Å². The summed E-state index contributed by atoms with van der Waals surface area (Å²) in [5, 5.41) is 5.66. The van der Waals surface area contributed by atoms with Crippen molar-refractivity contribution in [3.05, 3.63) is 81.9 Å². The predicted octanol–water partition coefficient (Wildman–Crippen LogP) is 5.69. The van der Waals surface area contributed by atoms with E-state index in [0.717, 1.165) is 39.1 Å². The number of carbonyl (C=O) groups excluding carboxylic acids is 3. The van der Waals surface area contributed by atoms with E-state index in [1.54, 1.807) is 44.4 Å². The predicted molar refractivity (Wildman–Crippen MR) is 221 cm³/mol. The maximum atomic E-state index is 14.0. The van der Waals surface area contributed by atoms with Crippen LogP contribution in [0.5, 0.6) is 5.75 Å². The lowest BCUT2D eigenvalue weighted by molar-refractivity contribution is -0.135. The van der Waals surface area contributed by atoms with Gasteiger partial charge in [-0.15, -0.1) is 4.40 Å². The lowest BCUT2D eigenvalue weighted by Crippen LogP contribution is -2.56. The number of sulfonamides is 1. The van der Waals surface area contributed by atoms with Gasteiger partial charge >= 0.3 is 12.2 Å². The first kappa shape index (κ1) is 42.3. The Balaban J connectivity index is 1.11. The van der Waals surface area contributed by atoms with Gasteiger partial charge in [0.05, 0.1) is 4.90 Å². The van der Waals surface area contributed by atoms with Gasteiger partial charge in [0.1, 0.15) is 29.6 Å². The van der Waals surface area contributed by atoms with Crippen molar-refractivity contribution in [1.82, 2.24) is 20.4 Å². The minimum absolute atomic E-state index is 0.0752. The van der Waals surface area contributed by atoms with E-state index in [0.29, 0.717) is 24.0 Å². The van der Waals surface area contributed by atoms with Gasteiger partial charge in [0.2, 0.25) is 11.9 Å². The first-order valence-electron chi connectivity index (χ1n) is 19.8. The number of fused-ring (bicyclic) bond motifs is 4. The topological polar surface area (TPSA) is 182 Å². The SMILES string of the molecule is Cc1c(C)c(S(=O)(=O)N=C(N)NCCCC(NC(=O)OCC2c3ccccc3-c3ccccc32)C(=O)N2CCN(C(=O)OC(C)(C)C)CC2)c(C)c2c1OC(C)(C)C2. The molecule has 0 spiro atoms. The molecule has 1 atom stereocenters. The van der Waals surface area contributed by atoms with Gasteiger partial charge in [-0.1, -0.05) is 48.5 Å². The zero-order valence-corrected chi connectivity index (χ0v) is 35.5. The van der Waals surface area contributed by atoms with Crippen LogP contribution in [0.1, 0.15) is 86.8 Å². The monoisotopic (exact) mass is 816 g/mol. The van der Waals surface area contributed by atoms with Crippen LogP contribution in [-0.4, -0.2) is 98.8 Å². The normalized spacial score (nSPS) is 16.8. The maximum Gasteiger partial charge on any atom is 0.410 e. The summed E-state index contributed by atoms with van der Waals surface area (Å²) in [4.78, 5) is 43.3. The van der Waals surface area contributed by atoms with E-state index in [-0.39, 0.29) is 68.4 Å². The van der Waals surface area contributed by atoms with Crippen molar-refractivity contribution in [3.8, 4) is 16.9 Å². The number of guanidine groups is 1. The molecule has 1 fully saturated rings. The number of nitrogens with two attached hydrogens (primary N) is 1. The van der Waals surface area contributed by atoms with E-state index >= 15 is 0 Å². The second kappa shape index (κ2) is 16.5. The van der Waals surface area contributed by atoms with Crippen molar-refractivity contribution < 1.29 is 37.0 Å². The average molecular weight is 817 g/mol. The highest BCUT2D eigenvalue weighted by atomic mass is 32.2. The number of carbonyl (C=O) groups is 3. The standard InChI is InChI=1S/C43H56N6O8S/c1-26-27(2)37(28(3)33-24-43(7,8)56-36(26)33)58(53,54)47-39(44)45-19-13-18-35(38(50)48-20-22-49(23-21-48)41(52)57-42(4,5)6)46-40(51)55-25-34-31-16-11-9-14-29(31)30-15-10-12-17-32(30)34/h9-12,14-17,34-35H,13,18-25H2,1-8H3,(H,46,51)(H3,44,45,47). The molecule has 2 heterocycles. The van der Waals surface area contributed by atoms with Gasteiger partial charge < -0.3 is 40.4 Å². The molecular formula is C43H56N6O8S. The lowest BCUT2D eigenvalue weighted by Gasteiger charge is -2.37. The van der Waals surface area contributed by atoms with Gasteiger partial charge in [-0.25, -0.2) is 9.59 Å². The molecule has 1 unspecified atom stereocenters. The van der Waals surface area contributed by atoms with Crippen molar-refractivity contribution in [2.75, 3.05) is 39.3 Å². The average Bonchev–Trinajstić information content (AvgIpc) is 3.67. The van der Waals surface area contributed by atoms with Crippen LogP contribution in [0.4, 0.5) is 9.59 Å². The van der Waals surface area contributed by atoms with Gasteiger partial charge in [0.15, 0.2) is 0 Å². The van der Waals surface area contributed by atoms with Crippen LogP contribution >= 0.6 is 0 Å². The molecule has 15 heteroatoms. The van der Waals surface area contributed by atoms with E-state index in [2.05, 4.69) is 27.2 Å². The third-order valence-electron chi connectivity index (χ3n) is 10.9. The number of amides is 3. The minimum Gasteiger partial charge on any atom is -0.487 e. The number of nitrogens with zero attached hydrogens (tertiary/aromatic N) is 3. The van der Waals surface area contributed by atoms with Crippen molar-refractivity contribution in [1.29, 1.82) is 0 Å². The van der Waals surface area contributed by atoms with Crippen molar-refractivity contribution >= 4 is 34.1 Å². The van der Waals surface area contributed by atoms with Gasteiger partial charge in [0.25, 0.3) is 10.0 Å². The highest BCUT2D eigenvalue weighted by molar-refractivity contribution is 7.90. The van der Waals surface area contributed by atoms with E-state index in [1.807, 2.05) is 57.2 Å². The number of nitrogens with one attached hydrogen (secondary N) is 2. The Morgan fingerprint density at radius 1 is 0.931 bits per heavy atom. The molecule has 58 heavy (non-hydrogen) atoms. The zero-order valence-electron chi connectivity index (χ0n) is 34.7. The molecule has 3 aliphatic rings.